The summed E-state index contributed by atoms with van der Waals surface area (Å²) in [7, 11) is 0. The molecule has 0 atom stereocenters. The van der Waals surface area contributed by atoms with Gasteiger partial charge in [0.2, 0.25) is 0 Å². The van der Waals surface area contributed by atoms with E-state index in [4.69, 9.17) is 4.74 Å². The van der Waals surface area contributed by atoms with E-state index >= 15 is 0 Å². The van der Waals surface area contributed by atoms with Crippen molar-refractivity contribution in [3.8, 4) is 11.5 Å². The van der Waals surface area contributed by atoms with E-state index in [0.717, 1.165) is 22.9 Å². The minimum Gasteiger partial charge on any atom is -0.457 e. The van der Waals surface area contributed by atoms with E-state index in [2.05, 4.69) is 6.07 Å². The zero-order chi connectivity index (χ0) is 14.9. The number of fused-ring (bicyclic) bond motifs is 1. The molecule has 0 saturated carbocycles. The lowest BCUT2D eigenvalue weighted by Gasteiger charge is -2.09. The summed E-state index contributed by atoms with van der Waals surface area (Å²) in [6.45, 7) is 0. The smallest absolute Gasteiger partial charge is 0.416 e. The Kier molecular flexibility index (Phi) is 3.29. The maximum absolute atomic E-state index is 12.5. The Morgan fingerprint density at radius 1 is 0.857 bits per heavy atom. The highest BCUT2D eigenvalue weighted by Gasteiger charge is 2.30. The molecule has 0 heterocycles. The Morgan fingerprint density at radius 2 is 1.62 bits per heavy atom. The summed E-state index contributed by atoms with van der Waals surface area (Å²) in [5.41, 5.74) is -0.742. The third-order valence-electron chi connectivity index (χ3n) is 3.06. The molecule has 21 heavy (non-hydrogen) atoms. The van der Waals surface area contributed by atoms with E-state index < -0.39 is 11.7 Å². The van der Waals surface area contributed by atoms with Gasteiger partial charge in [-0.05, 0) is 41.1 Å². The van der Waals surface area contributed by atoms with E-state index in [1.54, 1.807) is 6.07 Å². The third kappa shape index (κ3) is 2.99. The first-order valence-corrected chi connectivity index (χ1v) is 6.28. The predicted octanol–water partition coefficient (Wildman–Crippen LogP) is 5.45. The average molecular weight is 287 g/mol. The Morgan fingerprint density at radius 3 is 2.29 bits per heavy atom. The van der Waals surface area contributed by atoms with Gasteiger partial charge in [-0.1, -0.05) is 30.3 Å². The van der Waals surface area contributed by atoms with Crippen molar-refractivity contribution >= 4 is 10.8 Å². The fourth-order valence-corrected chi connectivity index (χ4v) is 2.01. The highest BCUT2D eigenvalue weighted by atomic mass is 19.4. The summed E-state index contributed by atoms with van der Waals surface area (Å²) in [5, 5.41) is 2.07. The molecule has 0 amide bonds. The molecule has 0 aliphatic carbocycles. The van der Waals surface area contributed by atoms with Crippen molar-refractivity contribution in [2.24, 2.45) is 0 Å². The Balaban J connectivity index is 1.84. The molecule has 0 aliphatic heterocycles. The van der Waals surface area contributed by atoms with Gasteiger partial charge in [0, 0.05) is 6.07 Å². The van der Waals surface area contributed by atoms with Gasteiger partial charge in [-0.2, -0.15) is 13.2 Å². The van der Waals surface area contributed by atoms with Crippen LogP contribution in [-0.2, 0) is 6.18 Å². The Labute approximate surface area is 119 Å². The van der Waals surface area contributed by atoms with Gasteiger partial charge in [0.25, 0.3) is 0 Å². The van der Waals surface area contributed by atoms with Crippen LogP contribution in [0.25, 0.3) is 10.8 Å². The maximum atomic E-state index is 12.5. The number of hydrogen-bond acceptors (Lipinski definition) is 1. The van der Waals surface area contributed by atoms with Gasteiger partial charge in [0.1, 0.15) is 11.5 Å². The molecule has 0 fully saturated rings. The van der Waals surface area contributed by atoms with Crippen LogP contribution in [0.2, 0.25) is 0 Å². The normalized spacial score (nSPS) is 11.6. The molecule has 3 aromatic carbocycles. The minimum absolute atomic E-state index is 0.248. The monoisotopic (exact) mass is 287 g/mol. The molecule has 4 heteroatoms. The van der Waals surface area contributed by atoms with E-state index in [9.17, 15) is 13.2 Å². The summed E-state index contributed by atoms with van der Waals surface area (Å²) in [6, 6.07) is 18.9. The molecule has 1 nitrogen and oxygen atoms in total. The second kappa shape index (κ2) is 5.13. The van der Waals surface area contributed by atoms with Crippen molar-refractivity contribution < 1.29 is 17.9 Å². The molecular formula is C17H10F3O. The van der Waals surface area contributed by atoms with Crippen LogP contribution >= 0.6 is 0 Å². The van der Waals surface area contributed by atoms with Crippen molar-refractivity contribution in [2.75, 3.05) is 0 Å². The van der Waals surface area contributed by atoms with Gasteiger partial charge >= 0.3 is 6.18 Å². The summed E-state index contributed by atoms with van der Waals surface area (Å²) in [5.74, 6) is 0.808. The molecule has 0 bridgehead atoms. The fourth-order valence-electron chi connectivity index (χ4n) is 2.01. The molecule has 1 radical (unpaired) electrons. The molecule has 0 saturated heterocycles. The number of ether oxygens (including phenoxy) is 1. The van der Waals surface area contributed by atoms with Crippen molar-refractivity contribution in [3.63, 3.8) is 0 Å². The molecular weight excluding hydrogens is 277 g/mol. The van der Waals surface area contributed by atoms with Crippen molar-refractivity contribution in [1.82, 2.24) is 0 Å². The molecule has 0 spiro atoms. The van der Waals surface area contributed by atoms with Crippen LogP contribution in [0, 0.1) is 6.07 Å². The summed E-state index contributed by atoms with van der Waals surface area (Å²) in [6.07, 6.45) is -4.36. The summed E-state index contributed by atoms with van der Waals surface area (Å²) < 4.78 is 42.9. The Hall–Kier alpha value is -2.49. The van der Waals surface area contributed by atoms with Crippen LogP contribution in [0.3, 0.4) is 0 Å². The summed E-state index contributed by atoms with van der Waals surface area (Å²) in [4.78, 5) is 0. The zero-order valence-electron chi connectivity index (χ0n) is 10.8. The number of alkyl halides is 3. The number of hydrogen-bond donors (Lipinski definition) is 0. The van der Waals surface area contributed by atoms with Gasteiger partial charge in [0.05, 0.1) is 5.56 Å². The van der Waals surface area contributed by atoms with E-state index in [-0.39, 0.29) is 5.75 Å². The van der Waals surface area contributed by atoms with Crippen LogP contribution in [0.4, 0.5) is 13.2 Å². The number of halogens is 3. The standard InChI is InChI=1S/C17H10F3O/c18-17(19,20)14-6-9-15(10-7-14)21-16-8-5-12-3-1-2-4-13(12)11-16/h1-9,11H. The van der Waals surface area contributed by atoms with Crippen LogP contribution < -0.4 is 4.74 Å². The van der Waals surface area contributed by atoms with Crippen LogP contribution in [0.15, 0.2) is 60.7 Å². The maximum Gasteiger partial charge on any atom is 0.416 e. The third-order valence-corrected chi connectivity index (χ3v) is 3.06. The molecule has 0 aliphatic rings. The first-order valence-electron chi connectivity index (χ1n) is 6.28. The highest BCUT2D eigenvalue weighted by Crippen LogP contribution is 2.31. The second-order valence-electron chi connectivity index (χ2n) is 4.55. The SMILES string of the molecule is FC(F)(F)c1c[c]c(Oc2ccc3ccccc3c2)cc1. The first kappa shape index (κ1) is 13.5. The molecule has 3 aromatic rings. The van der Waals surface area contributed by atoms with Gasteiger partial charge in [-0.15, -0.1) is 0 Å². The quantitative estimate of drug-likeness (QED) is 0.609. The largest absolute Gasteiger partial charge is 0.457 e. The highest BCUT2D eigenvalue weighted by molar-refractivity contribution is 5.83. The van der Waals surface area contributed by atoms with Crippen LogP contribution in [0.5, 0.6) is 11.5 Å². The number of rotatable bonds is 2. The van der Waals surface area contributed by atoms with Gasteiger partial charge < -0.3 is 4.74 Å². The zero-order valence-corrected chi connectivity index (χ0v) is 10.8. The van der Waals surface area contributed by atoms with Crippen LogP contribution in [0.1, 0.15) is 5.56 Å². The fraction of sp³-hybridized carbons (Fsp3) is 0.0588. The van der Waals surface area contributed by atoms with Gasteiger partial charge in [0.15, 0.2) is 0 Å². The molecule has 3 rings (SSSR count). The molecule has 0 aromatic heterocycles. The lowest BCUT2D eigenvalue weighted by Crippen LogP contribution is -2.04. The Bertz CT molecular complexity index is 761. The molecule has 0 N–H and O–H groups in total. The van der Waals surface area contributed by atoms with E-state index in [0.29, 0.717) is 5.75 Å². The van der Waals surface area contributed by atoms with Crippen LogP contribution in [-0.4, -0.2) is 0 Å². The van der Waals surface area contributed by atoms with Gasteiger partial charge in [-0.3, -0.25) is 0 Å². The lowest BCUT2D eigenvalue weighted by molar-refractivity contribution is -0.137. The second-order valence-corrected chi connectivity index (χ2v) is 4.55. The van der Waals surface area contributed by atoms with Gasteiger partial charge in [-0.25, -0.2) is 0 Å². The predicted molar refractivity (Wildman–Crippen MR) is 74.3 cm³/mol. The minimum atomic E-state index is -4.36. The molecule has 0 unspecified atom stereocenters. The topological polar surface area (TPSA) is 9.23 Å². The van der Waals surface area contributed by atoms with Crippen molar-refractivity contribution in [3.05, 3.63) is 72.3 Å². The molecule has 105 valence electrons. The average Bonchev–Trinajstić information content (AvgIpc) is 2.47. The van der Waals surface area contributed by atoms with E-state index in [1.807, 2.05) is 36.4 Å². The lowest BCUT2D eigenvalue weighted by atomic mass is 10.1. The number of benzene rings is 3. The van der Waals surface area contributed by atoms with Crippen molar-refractivity contribution in [1.29, 1.82) is 0 Å². The van der Waals surface area contributed by atoms with E-state index in [1.165, 1.54) is 6.07 Å². The first-order chi connectivity index (χ1) is 10.0. The van der Waals surface area contributed by atoms with Crippen molar-refractivity contribution in [2.45, 2.75) is 6.18 Å². The summed E-state index contributed by atoms with van der Waals surface area (Å²) >= 11 is 0.